The Balaban J connectivity index is 1.47. The lowest BCUT2D eigenvalue weighted by atomic mass is 9.94. The molecule has 0 saturated heterocycles. The molecule has 0 saturated carbocycles. The van der Waals surface area contributed by atoms with Crippen LogP contribution in [0.5, 0.6) is 0 Å². The number of para-hydroxylation sites is 1. The fourth-order valence-corrected chi connectivity index (χ4v) is 4.26. The van der Waals surface area contributed by atoms with E-state index in [1.54, 1.807) is 0 Å². The molecular weight excluding hydrogens is 362 g/mol. The van der Waals surface area contributed by atoms with Crippen LogP contribution in [0.25, 0.3) is 5.69 Å². The molecule has 158 valence electrons. The summed E-state index contributed by atoms with van der Waals surface area (Å²) in [6.45, 7) is 4.16. The summed E-state index contributed by atoms with van der Waals surface area (Å²) in [6.07, 6.45) is 12.3. The number of aromatic nitrogens is 2. The van der Waals surface area contributed by atoms with Gasteiger partial charge in [0.1, 0.15) is 0 Å². The van der Waals surface area contributed by atoms with Crippen molar-refractivity contribution in [2.45, 2.75) is 71.1 Å². The number of aliphatic carboxylic acids is 1. The third kappa shape index (κ3) is 5.92. The Labute approximate surface area is 174 Å². The molecule has 0 fully saturated rings. The van der Waals surface area contributed by atoms with Crippen molar-refractivity contribution in [1.29, 1.82) is 0 Å². The first kappa shape index (κ1) is 21.6. The number of carboxylic acid groups (broad SMARTS) is 1. The van der Waals surface area contributed by atoms with Crippen LogP contribution in [0.4, 0.5) is 0 Å². The quantitative estimate of drug-likeness (QED) is 0.487. The van der Waals surface area contributed by atoms with Gasteiger partial charge in [0.2, 0.25) is 0 Å². The van der Waals surface area contributed by atoms with E-state index in [1.807, 2.05) is 12.4 Å². The molecule has 2 heterocycles. The average Bonchev–Trinajstić information content (AvgIpc) is 3.15. The molecular formula is C24H35N3O2. The second-order valence-electron chi connectivity index (χ2n) is 8.18. The van der Waals surface area contributed by atoms with Gasteiger partial charge in [-0.25, -0.2) is 4.98 Å². The summed E-state index contributed by atoms with van der Waals surface area (Å²) in [5.74, 6) is -1.07. The van der Waals surface area contributed by atoms with E-state index in [4.69, 9.17) is 0 Å². The molecule has 1 aromatic carbocycles. The van der Waals surface area contributed by atoms with Crippen molar-refractivity contribution < 1.29 is 9.90 Å². The number of nitrogens with one attached hydrogen (secondary N) is 1. The molecule has 0 unspecified atom stereocenters. The first-order valence-corrected chi connectivity index (χ1v) is 11.3. The molecule has 0 radical (unpaired) electrons. The SMILES string of the molecule is CCCCCCCNCCC[C@@H](Cc1ncn2c1CCc1ccccc1-2)C(=O)O. The highest BCUT2D eigenvalue weighted by atomic mass is 16.4. The Kier molecular flexibility index (Phi) is 8.29. The van der Waals surface area contributed by atoms with Gasteiger partial charge in [0.25, 0.3) is 0 Å². The number of unbranched alkanes of at least 4 members (excludes halogenated alkanes) is 4. The van der Waals surface area contributed by atoms with Crippen molar-refractivity contribution in [3.63, 3.8) is 0 Å². The van der Waals surface area contributed by atoms with Gasteiger partial charge in [-0.2, -0.15) is 0 Å². The summed E-state index contributed by atoms with van der Waals surface area (Å²) >= 11 is 0. The summed E-state index contributed by atoms with van der Waals surface area (Å²) in [5, 5.41) is 13.2. The van der Waals surface area contributed by atoms with E-state index >= 15 is 0 Å². The molecule has 3 rings (SSSR count). The molecule has 0 bridgehead atoms. The number of carbonyl (C=O) groups is 1. The van der Waals surface area contributed by atoms with Crippen LogP contribution in [0, 0.1) is 5.92 Å². The minimum absolute atomic E-state index is 0.363. The minimum Gasteiger partial charge on any atom is -0.481 e. The highest BCUT2D eigenvalue weighted by Crippen LogP contribution is 2.28. The second-order valence-corrected chi connectivity index (χ2v) is 8.18. The molecule has 5 heteroatoms. The van der Waals surface area contributed by atoms with E-state index in [2.05, 4.69) is 40.0 Å². The molecule has 0 aliphatic carbocycles. The fraction of sp³-hybridized carbons (Fsp3) is 0.583. The number of imidazole rings is 1. The monoisotopic (exact) mass is 397 g/mol. The van der Waals surface area contributed by atoms with Crippen LogP contribution < -0.4 is 5.32 Å². The highest BCUT2D eigenvalue weighted by molar-refractivity contribution is 5.70. The van der Waals surface area contributed by atoms with E-state index in [9.17, 15) is 9.90 Å². The number of fused-ring (bicyclic) bond motifs is 3. The first-order valence-electron chi connectivity index (χ1n) is 11.3. The number of rotatable bonds is 13. The van der Waals surface area contributed by atoms with Crippen molar-refractivity contribution in [2.75, 3.05) is 13.1 Å². The van der Waals surface area contributed by atoms with Gasteiger partial charge < -0.3 is 15.0 Å². The number of benzene rings is 1. The summed E-state index contributed by atoms with van der Waals surface area (Å²) in [6, 6.07) is 8.40. The van der Waals surface area contributed by atoms with E-state index in [-0.39, 0.29) is 5.92 Å². The Morgan fingerprint density at radius 3 is 2.76 bits per heavy atom. The number of hydrogen-bond donors (Lipinski definition) is 2. The molecule has 0 spiro atoms. The molecule has 0 amide bonds. The smallest absolute Gasteiger partial charge is 0.306 e. The number of hydrogen-bond acceptors (Lipinski definition) is 3. The molecule has 1 atom stereocenters. The second kappa shape index (κ2) is 11.1. The highest BCUT2D eigenvalue weighted by Gasteiger charge is 2.24. The van der Waals surface area contributed by atoms with Crippen LogP contribution in [0.15, 0.2) is 30.6 Å². The molecule has 2 N–H and O–H groups in total. The third-order valence-electron chi connectivity index (χ3n) is 5.99. The van der Waals surface area contributed by atoms with Crippen LogP contribution in [0.1, 0.15) is 68.8 Å². The van der Waals surface area contributed by atoms with Crippen molar-refractivity contribution in [1.82, 2.24) is 14.9 Å². The standard InChI is InChI=1S/C24H35N3O2/c1-2-3-4-5-8-15-25-16-9-11-20(24(28)29)17-21-23-14-13-19-10-6-7-12-22(19)27(23)18-26-21/h6-7,10,12,18,20,25H,2-5,8-9,11,13-17H2,1H3,(H,28,29)/t20-/m0/s1. The third-order valence-corrected chi connectivity index (χ3v) is 5.99. The zero-order valence-corrected chi connectivity index (χ0v) is 17.7. The van der Waals surface area contributed by atoms with E-state index < -0.39 is 5.97 Å². The molecule has 1 aliphatic heterocycles. The van der Waals surface area contributed by atoms with Crippen LogP contribution in [0.2, 0.25) is 0 Å². The summed E-state index contributed by atoms with van der Waals surface area (Å²) in [7, 11) is 0. The van der Waals surface area contributed by atoms with Crippen molar-refractivity contribution in [3.05, 3.63) is 47.5 Å². The van der Waals surface area contributed by atoms with E-state index in [0.717, 1.165) is 38.0 Å². The molecule has 29 heavy (non-hydrogen) atoms. The summed E-state index contributed by atoms with van der Waals surface area (Å²) < 4.78 is 2.15. The van der Waals surface area contributed by atoms with Gasteiger partial charge in [0.15, 0.2) is 0 Å². The maximum absolute atomic E-state index is 11.8. The first-order chi connectivity index (χ1) is 14.2. The van der Waals surface area contributed by atoms with Crippen molar-refractivity contribution in [3.8, 4) is 5.69 Å². The average molecular weight is 398 g/mol. The Morgan fingerprint density at radius 1 is 1.14 bits per heavy atom. The lowest BCUT2D eigenvalue weighted by Gasteiger charge is -2.20. The zero-order chi connectivity index (χ0) is 20.5. The molecule has 1 aromatic heterocycles. The molecule has 1 aliphatic rings. The Bertz CT molecular complexity index is 784. The van der Waals surface area contributed by atoms with Gasteiger partial charge in [-0.05, 0) is 56.8 Å². The van der Waals surface area contributed by atoms with Crippen molar-refractivity contribution in [2.24, 2.45) is 5.92 Å². The normalized spacial score (nSPS) is 13.7. The maximum Gasteiger partial charge on any atom is 0.306 e. The summed E-state index contributed by atoms with van der Waals surface area (Å²) in [5.41, 5.74) is 4.65. The predicted octanol–water partition coefficient (Wildman–Crippen LogP) is 4.55. The fourth-order valence-electron chi connectivity index (χ4n) is 4.26. The van der Waals surface area contributed by atoms with Crippen LogP contribution >= 0.6 is 0 Å². The van der Waals surface area contributed by atoms with Gasteiger partial charge in [-0.3, -0.25) is 4.79 Å². The van der Waals surface area contributed by atoms with Crippen LogP contribution in [0.3, 0.4) is 0 Å². The van der Waals surface area contributed by atoms with Gasteiger partial charge in [-0.1, -0.05) is 50.8 Å². The van der Waals surface area contributed by atoms with Crippen LogP contribution in [-0.2, 0) is 24.1 Å². The number of aryl methyl sites for hydroxylation is 1. The Hall–Kier alpha value is -2.14. The topological polar surface area (TPSA) is 67.2 Å². The van der Waals surface area contributed by atoms with Crippen molar-refractivity contribution >= 4 is 5.97 Å². The largest absolute Gasteiger partial charge is 0.481 e. The number of carboxylic acids is 1. The van der Waals surface area contributed by atoms with E-state index in [0.29, 0.717) is 12.8 Å². The molecule has 5 nitrogen and oxygen atoms in total. The number of nitrogens with zero attached hydrogens (tertiary/aromatic N) is 2. The van der Waals surface area contributed by atoms with Gasteiger partial charge in [0, 0.05) is 17.8 Å². The molecule has 2 aromatic rings. The van der Waals surface area contributed by atoms with Crippen LogP contribution in [-0.4, -0.2) is 33.7 Å². The predicted molar refractivity (Wildman–Crippen MR) is 117 cm³/mol. The van der Waals surface area contributed by atoms with Gasteiger partial charge >= 0.3 is 5.97 Å². The van der Waals surface area contributed by atoms with Gasteiger partial charge in [-0.15, -0.1) is 0 Å². The van der Waals surface area contributed by atoms with Gasteiger partial charge in [0.05, 0.1) is 17.9 Å². The minimum atomic E-state index is -0.706. The lowest BCUT2D eigenvalue weighted by Crippen LogP contribution is -2.22. The maximum atomic E-state index is 11.8. The zero-order valence-electron chi connectivity index (χ0n) is 17.7. The Morgan fingerprint density at radius 2 is 1.93 bits per heavy atom. The summed E-state index contributed by atoms with van der Waals surface area (Å²) in [4.78, 5) is 16.4. The van der Waals surface area contributed by atoms with E-state index in [1.165, 1.54) is 49.0 Å². The lowest BCUT2D eigenvalue weighted by molar-refractivity contribution is -0.142.